The molecule has 4 atom stereocenters. The maximum absolute atomic E-state index is 12.1. The van der Waals surface area contributed by atoms with Gasteiger partial charge in [-0.15, -0.1) is 0 Å². The standard InChI is InChI=1S/C14H20N2O4S2/c1-22(18,19)16-13-12(10-4-6-20-14(10)13)15-11(17)3-2-9-5-7-21-8-9/h5,7-8,10,12-14,16H,2-4,6H2,1H3,(H,15,17)/t10-,12+,13-,14-/m0/s1. The lowest BCUT2D eigenvalue weighted by molar-refractivity contribution is -0.125. The Kier molecular flexibility index (Phi) is 4.54. The number of carbonyl (C=O) groups is 1. The van der Waals surface area contributed by atoms with Gasteiger partial charge in [-0.25, -0.2) is 13.1 Å². The Labute approximate surface area is 134 Å². The van der Waals surface area contributed by atoms with Crippen LogP contribution < -0.4 is 10.0 Å². The van der Waals surface area contributed by atoms with Gasteiger partial charge in [0.05, 0.1) is 24.4 Å². The fraction of sp³-hybridized carbons (Fsp3) is 0.643. The van der Waals surface area contributed by atoms with Crippen LogP contribution in [0.25, 0.3) is 0 Å². The lowest BCUT2D eigenvalue weighted by Gasteiger charge is -2.47. The summed E-state index contributed by atoms with van der Waals surface area (Å²) in [5, 5.41) is 7.01. The molecule has 22 heavy (non-hydrogen) atoms. The molecule has 1 saturated carbocycles. The zero-order valence-electron chi connectivity index (χ0n) is 12.3. The van der Waals surface area contributed by atoms with Crippen LogP contribution in [0, 0.1) is 5.92 Å². The largest absolute Gasteiger partial charge is 0.376 e. The van der Waals surface area contributed by atoms with E-state index in [4.69, 9.17) is 4.74 Å². The fourth-order valence-corrected chi connectivity index (χ4v) is 4.72. The molecule has 0 spiro atoms. The van der Waals surface area contributed by atoms with Crippen molar-refractivity contribution in [1.82, 2.24) is 10.0 Å². The van der Waals surface area contributed by atoms with Gasteiger partial charge in [0.1, 0.15) is 0 Å². The monoisotopic (exact) mass is 344 g/mol. The second-order valence-corrected chi connectivity index (χ2v) is 8.49. The van der Waals surface area contributed by atoms with Gasteiger partial charge in [0.25, 0.3) is 0 Å². The van der Waals surface area contributed by atoms with Crippen LogP contribution in [0.3, 0.4) is 0 Å². The second-order valence-electron chi connectivity index (χ2n) is 5.93. The van der Waals surface area contributed by atoms with Crippen LogP contribution in [0.15, 0.2) is 16.8 Å². The van der Waals surface area contributed by atoms with E-state index in [1.165, 1.54) is 0 Å². The van der Waals surface area contributed by atoms with Crippen molar-refractivity contribution in [2.75, 3.05) is 12.9 Å². The minimum absolute atomic E-state index is 0.0400. The third-order valence-corrected chi connectivity index (χ3v) is 5.72. The van der Waals surface area contributed by atoms with Crippen LogP contribution in [-0.2, 0) is 26.0 Å². The molecule has 0 radical (unpaired) electrons. The highest BCUT2D eigenvalue weighted by Crippen LogP contribution is 2.39. The van der Waals surface area contributed by atoms with Crippen molar-refractivity contribution in [1.29, 1.82) is 0 Å². The van der Waals surface area contributed by atoms with Gasteiger partial charge >= 0.3 is 0 Å². The highest BCUT2D eigenvalue weighted by atomic mass is 32.2. The van der Waals surface area contributed by atoms with E-state index >= 15 is 0 Å². The molecule has 1 aromatic heterocycles. The zero-order valence-corrected chi connectivity index (χ0v) is 14.0. The molecule has 0 bridgehead atoms. The Morgan fingerprint density at radius 1 is 1.45 bits per heavy atom. The number of nitrogens with one attached hydrogen (secondary N) is 2. The smallest absolute Gasteiger partial charge is 0.220 e. The van der Waals surface area contributed by atoms with E-state index in [-0.39, 0.29) is 30.0 Å². The van der Waals surface area contributed by atoms with Gasteiger partial charge in [-0.2, -0.15) is 11.3 Å². The Balaban J connectivity index is 1.56. The number of ether oxygens (including phenoxy) is 1. The first-order valence-corrected chi connectivity index (χ1v) is 10.2. The average Bonchev–Trinajstić information content (AvgIpc) is 3.09. The summed E-state index contributed by atoms with van der Waals surface area (Å²) in [7, 11) is -3.32. The van der Waals surface area contributed by atoms with E-state index in [9.17, 15) is 13.2 Å². The summed E-state index contributed by atoms with van der Waals surface area (Å²) in [6.45, 7) is 0.624. The van der Waals surface area contributed by atoms with Crippen molar-refractivity contribution in [3.63, 3.8) is 0 Å². The molecule has 2 heterocycles. The molecule has 1 saturated heterocycles. The molecule has 8 heteroatoms. The molecule has 0 unspecified atom stereocenters. The summed E-state index contributed by atoms with van der Waals surface area (Å²) >= 11 is 1.62. The summed E-state index contributed by atoms with van der Waals surface area (Å²) in [5.74, 6) is 0.172. The van der Waals surface area contributed by atoms with Crippen LogP contribution >= 0.6 is 11.3 Å². The number of sulfonamides is 1. The molecule has 1 aromatic rings. The van der Waals surface area contributed by atoms with Crippen molar-refractivity contribution in [2.45, 2.75) is 37.5 Å². The summed E-state index contributed by atoms with van der Waals surface area (Å²) < 4.78 is 31.1. The maximum Gasteiger partial charge on any atom is 0.220 e. The van der Waals surface area contributed by atoms with E-state index in [2.05, 4.69) is 10.0 Å². The summed E-state index contributed by atoms with van der Waals surface area (Å²) in [4.78, 5) is 12.1. The fourth-order valence-electron chi connectivity index (χ4n) is 3.24. The van der Waals surface area contributed by atoms with E-state index in [1.54, 1.807) is 11.3 Å². The number of amides is 1. The number of hydrogen-bond acceptors (Lipinski definition) is 5. The van der Waals surface area contributed by atoms with Gasteiger partial charge in [0, 0.05) is 18.9 Å². The number of aryl methyl sites for hydroxylation is 1. The predicted octanol–water partition coefficient (Wildman–Crippen LogP) is 0.502. The first-order valence-electron chi connectivity index (χ1n) is 7.33. The normalized spacial score (nSPS) is 30.6. The number of thiophene rings is 1. The lowest BCUT2D eigenvalue weighted by atomic mass is 9.72. The molecular weight excluding hydrogens is 324 g/mol. The van der Waals surface area contributed by atoms with Crippen molar-refractivity contribution in [2.24, 2.45) is 5.92 Å². The average molecular weight is 344 g/mol. The third-order valence-electron chi connectivity index (χ3n) is 4.28. The molecule has 1 aliphatic heterocycles. The number of rotatable bonds is 6. The van der Waals surface area contributed by atoms with E-state index in [0.717, 1.165) is 18.2 Å². The van der Waals surface area contributed by atoms with E-state index in [1.807, 2.05) is 16.8 Å². The van der Waals surface area contributed by atoms with Gasteiger partial charge in [-0.1, -0.05) is 0 Å². The first kappa shape index (κ1) is 15.9. The first-order chi connectivity index (χ1) is 10.4. The van der Waals surface area contributed by atoms with Crippen LogP contribution in [-0.4, -0.2) is 45.4 Å². The van der Waals surface area contributed by atoms with Crippen molar-refractivity contribution < 1.29 is 17.9 Å². The molecule has 2 aliphatic rings. The molecule has 3 rings (SSSR count). The molecule has 122 valence electrons. The van der Waals surface area contributed by atoms with Gasteiger partial charge in [-0.3, -0.25) is 4.79 Å². The molecule has 1 aliphatic carbocycles. The van der Waals surface area contributed by atoms with Crippen LogP contribution in [0.5, 0.6) is 0 Å². The topological polar surface area (TPSA) is 84.5 Å². The lowest BCUT2D eigenvalue weighted by Crippen LogP contribution is -2.70. The molecular formula is C14H20N2O4S2. The summed E-state index contributed by atoms with van der Waals surface area (Å²) in [5.41, 5.74) is 1.15. The molecule has 2 N–H and O–H groups in total. The Morgan fingerprint density at radius 3 is 2.95 bits per heavy atom. The van der Waals surface area contributed by atoms with Gasteiger partial charge in [-0.05, 0) is 35.2 Å². The summed E-state index contributed by atoms with van der Waals surface area (Å²) in [6.07, 6.45) is 3.00. The Hall–Kier alpha value is -0.960. The number of fused-ring (bicyclic) bond motifs is 1. The van der Waals surface area contributed by atoms with Gasteiger partial charge in [0.2, 0.25) is 15.9 Å². The number of carbonyl (C=O) groups excluding carboxylic acids is 1. The van der Waals surface area contributed by atoms with Crippen molar-refractivity contribution in [3.8, 4) is 0 Å². The van der Waals surface area contributed by atoms with Crippen molar-refractivity contribution in [3.05, 3.63) is 22.4 Å². The molecule has 1 amide bonds. The maximum atomic E-state index is 12.1. The van der Waals surface area contributed by atoms with Crippen molar-refractivity contribution >= 4 is 27.3 Å². The summed E-state index contributed by atoms with van der Waals surface area (Å²) in [6, 6.07) is 1.49. The van der Waals surface area contributed by atoms with E-state index in [0.29, 0.717) is 19.4 Å². The number of hydrogen-bond donors (Lipinski definition) is 2. The molecule has 0 aromatic carbocycles. The highest BCUT2D eigenvalue weighted by molar-refractivity contribution is 7.88. The molecule has 6 nitrogen and oxygen atoms in total. The third kappa shape index (κ3) is 3.51. The zero-order chi connectivity index (χ0) is 15.7. The highest BCUT2D eigenvalue weighted by Gasteiger charge is 2.55. The predicted molar refractivity (Wildman–Crippen MR) is 84.2 cm³/mol. The second kappa shape index (κ2) is 6.27. The Morgan fingerprint density at radius 2 is 2.27 bits per heavy atom. The minimum atomic E-state index is -3.32. The minimum Gasteiger partial charge on any atom is -0.376 e. The van der Waals surface area contributed by atoms with Gasteiger partial charge in [0.15, 0.2) is 0 Å². The molecule has 2 fully saturated rings. The SMILES string of the molecule is CS(=O)(=O)N[C@H]1[C@H](NC(=O)CCc2ccsc2)[C@@H]2CCO[C@@H]21. The van der Waals surface area contributed by atoms with E-state index < -0.39 is 10.0 Å². The van der Waals surface area contributed by atoms with Crippen LogP contribution in [0.2, 0.25) is 0 Å². The van der Waals surface area contributed by atoms with Crippen LogP contribution in [0.4, 0.5) is 0 Å². The van der Waals surface area contributed by atoms with Gasteiger partial charge < -0.3 is 10.1 Å². The van der Waals surface area contributed by atoms with Crippen LogP contribution in [0.1, 0.15) is 18.4 Å². The Bertz CT molecular complexity index is 629. The quantitative estimate of drug-likeness (QED) is 0.787.